The Morgan fingerprint density at radius 3 is 2.76 bits per heavy atom. The van der Waals surface area contributed by atoms with E-state index < -0.39 is 0 Å². The molecule has 2 atom stereocenters. The van der Waals surface area contributed by atoms with Crippen LogP contribution in [0.3, 0.4) is 0 Å². The van der Waals surface area contributed by atoms with Crippen LogP contribution < -0.4 is 10.6 Å². The Morgan fingerprint density at radius 2 is 2.12 bits per heavy atom. The zero-order valence-electron chi connectivity index (χ0n) is 15.3. The van der Waals surface area contributed by atoms with Crippen molar-refractivity contribution in [3.63, 3.8) is 0 Å². The summed E-state index contributed by atoms with van der Waals surface area (Å²) in [7, 11) is 0. The molecule has 5 nitrogen and oxygen atoms in total. The molecular weight excluding hydrogens is 445 g/mol. The largest absolute Gasteiger partial charge is 0.357 e. The summed E-state index contributed by atoms with van der Waals surface area (Å²) < 4.78 is 1.96. The van der Waals surface area contributed by atoms with Crippen molar-refractivity contribution in [1.82, 2.24) is 20.4 Å². The average Bonchev–Trinajstić information content (AvgIpc) is 3.24. The molecule has 2 unspecified atom stereocenters. The standard InChI is InChI=1S/C18H29N5S.HI/c1-4-19-18(20-12-15(2)11-17-7-5-10-24-17)21-13-16(3)14-23-9-6-8-22-23;/h5-10,15-16H,4,11-14H2,1-3H3,(H2,19,20,21);1H. The summed E-state index contributed by atoms with van der Waals surface area (Å²) in [5.74, 6) is 1.93. The van der Waals surface area contributed by atoms with E-state index >= 15 is 0 Å². The predicted molar refractivity (Wildman–Crippen MR) is 118 cm³/mol. The van der Waals surface area contributed by atoms with Crippen molar-refractivity contribution in [3.05, 3.63) is 40.8 Å². The molecule has 2 N–H and O–H groups in total. The smallest absolute Gasteiger partial charge is 0.191 e. The van der Waals surface area contributed by atoms with Gasteiger partial charge in [0.2, 0.25) is 0 Å². The van der Waals surface area contributed by atoms with Gasteiger partial charge in [0.1, 0.15) is 0 Å². The quantitative estimate of drug-likeness (QED) is 0.331. The van der Waals surface area contributed by atoms with Gasteiger partial charge in [-0.05, 0) is 42.7 Å². The maximum absolute atomic E-state index is 4.72. The van der Waals surface area contributed by atoms with Crippen molar-refractivity contribution < 1.29 is 0 Å². The van der Waals surface area contributed by atoms with Crippen molar-refractivity contribution in [1.29, 1.82) is 0 Å². The lowest BCUT2D eigenvalue weighted by Gasteiger charge is -2.16. The van der Waals surface area contributed by atoms with Crippen molar-refractivity contribution in [2.45, 2.75) is 33.7 Å². The van der Waals surface area contributed by atoms with Gasteiger partial charge in [-0.2, -0.15) is 5.10 Å². The third-order valence-electron chi connectivity index (χ3n) is 3.71. The van der Waals surface area contributed by atoms with Gasteiger partial charge in [-0.3, -0.25) is 9.67 Å². The summed E-state index contributed by atoms with van der Waals surface area (Å²) in [6.45, 7) is 10.1. The first kappa shape index (κ1) is 22.0. The Balaban J connectivity index is 0.00000312. The SMILES string of the molecule is CCNC(=NCC(C)Cn1cccn1)NCC(C)Cc1cccs1.I. The summed E-state index contributed by atoms with van der Waals surface area (Å²) in [4.78, 5) is 6.16. The van der Waals surface area contributed by atoms with E-state index in [9.17, 15) is 0 Å². The molecule has 2 rings (SSSR count). The number of aromatic nitrogens is 2. The van der Waals surface area contributed by atoms with Crippen LogP contribution in [0.4, 0.5) is 0 Å². The van der Waals surface area contributed by atoms with Crippen LogP contribution >= 0.6 is 35.3 Å². The monoisotopic (exact) mass is 475 g/mol. The highest BCUT2D eigenvalue weighted by molar-refractivity contribution is 14.0. The third kappa shape index (κ3) is 8.71. The van der Waals surface area contributed by atoms with Crippen LogP contribution in [0, 0.1) is 11.8 Å². The number of hydrogen-bond donors (Lipinski definition) is 2. The lowest BCUT2D eigenvalue weighted by molar-refractivity contribution is 0.457. The Morgan fingerprint density at radius 1 is 1.28 bits per heavy atom. The molecule has 0 aromatic carbocycles. The van der Waals surface area contributed by atoms with E-state index in [2.05, 4.69) is 54.0 Å². The molecule has 0 spiro atoms. The normalized spacial score (nSPS) is 13.8. The van der Waals surface area contributed by atoms with Crippen molar-refractivity contribution in [3.8, 4) is 0 Å². The molecule has 0 saturated carbocycles. The number of rotatable bonds is 9. The lowest BCUT2D eigenvalue weighted by atomic mass is 10.1. The summed E-state index contributed by atoms with van der Waals surface area (Å²) in [5, 5.41) is 13.2. The molecular formula is C18H30IN5S. The molecule has 0 saturated heterocycles. The van der Waals surface area contributed by atoms with E-state index in [1.165, 1.54) is 4.88 Å². The first-order valence-corrected chi connectivity index (χ1v) is 9.57. The first-order valence-electron chi connectivity index (χ1n) is 8.69. The minimum absolute atomic E-state index is 0. The fourth-order valence-electron chi connectivity index (χ4n) is 2.49. The van der Waals surface area contributed by atoms with Crippen LogP contribution in [0.1, 0.15) is 25.6 Å². The molecule has 0 fully saturated rings. The molecule has 0 aliphatic rings. The summed E-state index contributed by atoms with van der Waals surface area (Å²) >= 11 is 1.83. The maximum Gasteiger partial charge on any atom is 0.191 e. The number of nitrogens with one attached hydrogen (secondary N) is 2. The number of thiophene rings is 1. The Labute approximate surface area is 172 Å². The van der Waals surface area contributed by atoms with E-state index in [4.69, 9.17) is 4.99 Å². The summed E-state index contributed by atoms with van der Waals surface area (Å²) in [6.07, 6.45) is 4.92. The molecule has 7 heteroatoms. The zero-order valence-corrected chi connectivity index (χ0v) is 18.5. The molecule has 140 valence electrons. The highest BCUT2D eigenvalue weighted by Gasteiger charge is 2.07. The minimum Gasteiger partial charge on any atom is -0.357 e. The third-order valence-corrected chi connectivity index (χ3v) is 4.61. The van der Waals surface area contributed by atoms with Crippen molar-refractivity contribution >= 4 is 41.3 Å². The van der Waals surface area contributed by atoms with Crippen LogP contribution in [-0.2, 0) is 13.0 Å². The molecule has 0 aliphatic carbocycles. The number of halogens is 1. The second-order valence-electron chi connectivity index (χ2n) is 6.32. The van der Waals surface area contributed by atoms with Gasteiger partial charge in [0.25, 0.3) is 0 Å². The van der Waals surface area contributed by atoms with Crippen LogP contribution in [0.15, 0.2) is 41.0 Å². The molecule has 2 heterocycles. The van der Waals surface area contributed by atoms with Crippen LogP contribution in [0.5, 0.6) is 0 Å². The second kappa shape index (κ2) is 12.3. The topological polar surface area (TPSA) is 54.2 Å². The van der Waals surface area contributed by atoms with Crippen LogP contribution in [-0.4, -0.2) is 35.4 Å². The second-order valence-corrected chi connectivity index (χ2v) is 7.35. The van der Waals surface area contributed by atoms with E-state index in [1.807, 2.05) is 34.5 Å². The molecule has 0 radical (unpaired) electrons. The van der Waals surface area contributed by atoms with Crippen LogP contribution in [0.25, 0.3) is 0 Å². The van der Waals surface area contributed by atoms with Crippen molar-refractivity contribution in [2.24, 2.45) is 16.8 Å². The minimum atomic E-state index is 0. The number of hydrogen-bond acceptors (Lipinski definition) is 3. The van der Waals surface area contributed by atoms with Gasteiger partial charge in [0.05, 0.1) is 0 Å². The Hall–Kier alpha value is -1.09. The van der Waals surface area contributed by atoms with E-state index in [0.717, 1.165) is 38.6 Å². The van der Waals surface area contributed by atoms with E-state index in [-0.39, 0.29) is 24.0 Å². The van der Waals surface area contributed by atoms with Gasteiger partial charge < -0.3 is 10.6 Å². The molecule has 0 aliphatic heterocycles. The Kier molecular flexibility index (Phi) is 10.8. The van der Waals surface area contributed by atoms with Gasteiger partial charge in [-0.1, -0.05) is 19.9 Å². The fourth-order valence-corrected chi connectivity index (χ4v) is 3.36. The molecule has 0 amide bonds. The molecule has 2 aromatic heterocycles. The van der Waals surface area contributed by atoms with E-state index in [0.29, 0.717) is 11.8 Å². The van der Waals surface area contributed by atoms with Crippen molar-refractivity contribution in [2.75, 3.05) is 19.6 Å². The van der Waals surface area contributed by atoms with Gasteiger partial charge in [0.15, 0.2) is 5.96 Å². The maximum atomic E-state index is 4.72. The zero-order chi connectivity index (χ0) is 17.2. The average molecular weight is 475 g/mol. The van der Waals surface area contributed by atoms with Gasteiger partial charge in [0, 0.05) is 43.4 Å². The summed E-state index contributed by atoms with van der Waals surface area (Å²) in [6, 6.07) is 6.28. The first-order chi connectivity index (χ1) is 11.7. The summed E-state index contributed by atoms with van der Waals surface area (Å²) in [5.41, 5.74) is 0. The van der Waals surface area contributed by atoms with Gasteiger partial charge in [-0.15, -0.1) is 35.3 Å². The molecule has 25 heavy (non-hydrogen) atoms. The number of aliphatic imine (C=N–C) groups is 1. The van der Waals surface area contributed by atoms with Gasteiger partial charge in [-0.25, -0.2) is 0 Å². The number of guanidine groups is 1. The van der Waals surface area contributed by atoms with E-state index in [1.54, 1.807) is 0 Å². The highest BCUT2D eigenvalue weighted by Crippen LogP contribution is 2.13. The van der Waals surface area contributed by atoms with Gasteiger partial charge >= 0.3 is 0 Å². The fraction of sp³-hybridized carbons (Fsp3) is 0.556. The predicted octanol–water partition coefficient (Wildman–Crippen LogP) is 3.63. The Bertz CT molecular complexity index is 583. The highest BCUT2D eigenvalue weighted by atomic mass is 127. The molecule has 2 aromatic rings. The molecule has 0 bridgehead atoms. The van der Waals surface area contributed by atoms with Crippen LogP contribution in [0.2, 0.25) is 0 Å². The number of nitrogens with zero attached hydrogens (tertiary/aromatic N) is 3. The lowest BCUT2D eigenvalue weighted by Crippen LogP contribution is -2.40.